The third kappa shape index (κ3) is 5.46. The monoisotopic (exact) mass is 766 g/mol. The Labute approximate surface area is 242 Å². The smallest absolute Gasteiger partial charge is 0.203 e. The zero-order valence-electron chi connectivity index (χ0n) is 20.2. The summed E-state index contributed by atoms with van der Waals surface area (Å²) in [6, 6.07) is 0. The Balaban J connectivity index is 3.22. The molecular weight excluding hydrogens is 766 g/mol. The SMILES string of the molecule is Fc1c(F)c(F)c(C(F)(F)C(F)(F)C(F)(F)C(F)(F)F)c(Sc2c(F)c(F)c(F)c(F)c2C(F)(F)C(F)(F)C(F)(F)C(F)(F)F)c1F. The summed E-state index contributed by atoms with van der Waals surface area (Å²) >= 11 is -2.63. The Morgan fingerprint density at radius 3 is 0.702 bits per heavy atom. The van der Waals surface area contributed by atoms with E-state index < -0.39 is 127 Å². The fourth-order valence-electron chi connectivity index (χ4n) is 3.14. The van der Waals surface area contributed by atoms with Crippen LogP contribution in [0.4, 0.5) is 114 Å². The van der Waals surface area contributed by atoms with E-state index in [-0.39, 0.29) is 0 Å². The van der Waals surface area contributed by atoms with Crippen LogP contribution in [0.2, 0.25) is 0 Å². The van der Waals surface area contributed by atoms with Crippen molar-refractivity contribution in [1.82, 2.24) is 0 Å². The molecule has 0 N–H and O–H groups in total. The first-order valence-electron chi connectivity index (χ1n) is 10.3. The largest absolute Gasteiger partial charge is 0.460 e. The lowest BCUT2D eigenvalue weighted by molar-refractivity contribution is -0.400. The van der Waals surface area contributed by atoms with Crippen LogP contribution in [0.1, 0.15) is 11.1 Å². The molecule has 0 bridgehead atoms. The standard InChI is InChI=1S/C20F26S/c21-3-1(13(29,30)15(33,34)17(37,38)19(41,42)43)11(9(27)7(25)5(3)23)47-12-2(4(22)6(24)8(26)10(12)28)14(31,32)16(35,36)18(39,40)20(44,45)46. The molecule has 2 aromatic rings. The number of rotatable bonds is 8. The maximum absolute atomic E-state index is 14.6. The van der Waals surface area contributed by atoms with Gasteiger partial charge >= 0.3 is 47.9 Å². The predicted molar refractivity (Wildman–Crippen MR) is 96.4 cm³/mol. The Morgan fingerprint density at radius 1 is 0.277 bits per heavy atom. The molecule has 0 nitrogen and oxygen atoms in total. The molecule has 27 heteroatoms. The van der Waals surface area contributed by atoms with Gasteiger partial charge in [0, 0.05) is 0 Å². The molecule has 0 aromatic heterocycles. The molecule has 0 aliphatic rings. The summed E-state index contributed by atoms with van der Waals surface area (Å²) in [4.78, 5) is -7.59. The van der Waals surface area contributed by atoms with Crippen molar-refractivity contribution in [3.8, 4) is 0 Å². The molecule has 2 aromatic carbocycles. The van der Waals surface area contributed by atoms with Crippen LogP contribution in [0, 0.1) is 46.5 Å². The van der Waals surface area contributed by atoms with Gasteiger partial charge in [0.25, 0.3) is 0 Å². The van der Waals surface area contributed by atoms with Crippen molar-refractivity contribution in [3.63, 3.8) is 0 Å². The summed E-state index contributed by atoms with van der Waals surface area (Å²) in [5, 5.41) is 0. The quantitative estimate of drug-likeness (QED) is 0.147. The van der Waals surface area contributed by atoms with Crippen LogP contribution < -0.4 is 0 Å². The Hall–Kier alpha value is -3.03. The molecule has 268 valence electrons. The van der Waals surface area contributed by atoms with Crippen LogP contribution in [0.3, 0.4) is 0 Å². The highest BCUT2D eigenvalue weighted by Gasteiger charge is 2.84. The van der Waals surface area contributed by atoms with Gasteiger partial charge in [-0.3, -0.25) is 0 Å². The fraction of sp³-hybridized carbons (Fsp3) is 0.400. The molecule has 0 aliphatic heterocycles. The van der Waals surface area contributed by atoms with Gasteiger partial charge in [0.15, 0.2) is 46.5 Å². The van der Waals surface area contributed by atoms with Crippen LogP contribution in [-0.2, 0) is 11.8 Å². The predicted octanol–water partition coefficient (Wildman–Crippen LogP) is 10.8. The van der Waals surface area contributed by atoms with Gasteiger partial charge in [-0.2, -0.15) is 79.0 Å². The summed E-state index contributed by atoms with van der Waals surface area (Å²) in [6.07, 6.45) is -15.7. The minimum atomic E-state index is -8.28. The number of alkyl halides is 18. The first kappa shape index (κ1) is 40.1. The molecule has 47 heavy (non-hydrogen) atoms. The van der Waals surface area contributed by atoms with Crippen molar-refractivity contribution in [2.45, 2.75) is 57.7 Å². The maximum atomic E-state index is 14.6. The Morgan fingerprint density at radius 2 is 0.489 bits per heavy atom. The van der Waals surface area contributed by atoms with E-state index in [0.717, 1.165) is 0 Å². The lowest BCUT2D eigenvalue weighted by Gasteiger charge is -2.35. The van der Waals surface area contributed by atoms with Gasteiger partial charge in [0.2, 0.25) is 0 Å². The summed E-state index contributed by atoms with van der Waals surface area (Å²) in [6.45, 7) is 0. The molecule has 0 spiro atoms. The van der Waals surface area contributed by atoms with Gasteiger partial charge in [0.05, 0.1) is 20.9 Å². The molecule has 0 atom stereocenters. The van der Waals surface area contributed by atoms with Crippen molar-refractivity contribution in [1.29, 1.82) is 0 Å². The van der Waals surface area contributed by atoms with Crippen LogP contribution in [0.5, 0.6) is 0 Å². The minimum Gasteiger partial charge on any atom is -0.203 e. The Kier molecular flexibility index (Phi) is 9.62. The molecule has 2 rings (SSSR count). The number of benzene rings is 2. The lowest BCUT2D eigenvalue weighted by atomic mass is 9.95. The normalized spacial score (nSPS) is 14.7. The zero-order valence-corrected chi connectivity index (χ0v) is 21.1. The third-order valence-corrected chi connectivity index (χ3v) is 6.74. The van der Waals surface area contributed by atoms with Gasteiger partial charge in [-0.05, 0) is 0 Å². The molecule has 0 unspecified atom stereocenters. The van der Waals surface area contributed by atoms with Gasteiger partial charge in [-0.15, -0.1) is 0 Å². The molecule has 0 fully saturated rings. The Bertz CT molecular complexity index is 1450. The second-order valence-corrected chi connectivity index (χ2v) is 9.48. The van der Waals surface area contributed by atoms with Crippen molar-refractivity contribution in [2.24, 2.45) is 0 Å². The molecule has 0 radical (unpaired) electrons. The fourth-order valence-corrected chi connectivity index (χ4v) is 4.34. The van der Waals surface area contributed by atoms with Crippen molar-refractivity contribution in [3.05, 3.63) is 57.7 Å². The summed E-state index contributed by atoms with van der Waals surface area (Å²) in [7, 11) is 0. The van der Waals surface area contributed by atoms with E-state index in [1.807, 2.05) is 0 Å². The number of halogens is 26. The molecule has 0 aliphatic carbocycles. The molecule has 0 saturated carbocycles. The van der Waals surface area contributed by atoms with E-state index in [4.69, 9.17) is 0 Å². The van der Waals surface area contributed by atoms with Gasteiger partial charge in [-0.25, -0.2) is 35.1 Å². The van der Waals surface area contributed by atoms with Crippen molar-refractivity contribution < 1.29 is 114 Å². The first-order chi connectivity index (χ1) is 20.5. The second-order valence-electron chi connectivity index (χ2n) is 8.46. The lowest BCUT2D eigenvalue weighted by Crippen LogP contribution is -2.60. The maximum Gasteiger partial charge on any atom is 0.460 e. The van der Waals surface area contributed by atoms with Crippen LogP contribution in [-0.4, -0.2) is 36.0 Å². The highest BCUT2D eigenvalue weighted by molar-refractivity contribution is 7.99. The van der Waals surface area contributed by atoms with Crippen molar-refractivity contribution >= 4 is 11.8 Å². The van der Waals surface area contributed by atoms with Gasteiger partial charge in [-0.1, -0.05) is 11.8 Å². The summed E-state index contributed by atoms with van der Waals surface area (Å²) in [5.41, 5.74) is -8.89. The van der Waals surface area contributed by atoms with E-state index >= 15 is 0 Å². The molecule has 0 saturated heterocycles. The van der Waals surface area contributed by atoms with E-state index in [9.17, 15) is 114 Å². The van der Waals surface area contributed by atoms with E-state index in [1.165, 1.54) is 0 Å². The summed E-state index contributed by atoms with van der Waals surface area (Å²) < 4.78 is 355. The average molecular weight is 766 g/mol. The highest BCUT2D eigenvalue weighted by Crippen LogP contribution is 2.62. The summed E-state index contributed by atoms with van der Waals surface area (Å²) in [5.74, 6) is -80.4. The van der Waals surface area contributed by atoms with Gasteiger partial charge < -0.3 is 0 Å². The van der Waals surface area contributed by atoms with Crippen molar-refractivity contribution in [2.75, 3.05) is 0 Å². The van der Waals surface area contributed by atoms with Crippen LogP contribution >= 0.6 is 11.8 Å². The van der Waals surface area contributed by atoms with E-state index in [2.05, 4.69) is 0 Å². The second kappa shape index (κ2) is 11.3. The minimum absolute atomic E-state index is 2.63. The number of hydrogen-bond acceptors (Lipinski definition) is 1. The molecule has 0 heterocycles. The highest BCUT2D eigenvalue weighted by atomic mass is 32.2. The van der Waals surface area contributed by atoms with Gasteiger partial charge in [0.1, 0.15) is 0 Å². The van der Waals surface area contributed by atoms with Crippen LogP contribution in [0.15, 0.2) is 9.79 Å². The van der Waals surface area contributed by atoms with E-state index in [1.54, 1.807) is 0 Å². The molecule has 0 amide bonds. The first-order valence-corrected chi connectivity index (χ1v) is 11.1. The molecular formula is C20F26S. The zero-order chi connectivity index (χ0) is 37.6. The average Bonchev–Trinajstić information content (AvgIpc) is 2.90. The number of hydrogen-bond donors (Lipinski definition) is 0. The van der Waals surface area contributed by atoms with Crippen LogP contribution in [0.25, 0.3) is 0 Å². The van der Waals surface area contributed by atoms with E-state index in [0.29, 0.717) is 0 Å². The topological polar surface area (TPSA) is 0 Å². The third-order valence-electron chi connectivity index (χ3n) is 5.57.